The maximum absolute atomic E-state index is 13.2. The summed E-state index contributed by atoms with van der Waals surface area (Å²) in [5.74, 6) is 2.08. The van der Waals surface area contributed by atoms with E-state index in [0.29, 0.717) is 18.1 Å². The van der Waals surface area contributed by atoms with Crippen molar-refractivity contribution in [3.8, 4) is 17.0 Å². The summed E-state index contributed by atoms with van der Waals surface area (Å²) in [4.78, 5) is 4.55. The van der Waals surface area contributed by atoms with Crippen LogP contribution in [0.2, 0.25) is 0 Å². The van der Waals surface area contributed by atoms with Gasteiger partial charge >= 0.3 is 0 Å². The van der Waals surface area contributed by atoms with Crippen LogP contribution >= 0.6 is 11.8 Å². The molecule has 0 amide bonds. The first-order chi connectivity index (χ1) is 13.5. The van der Waals surface area contributed by atoms with E-state index in [1.165, 1.54) is 0 Å². The highest BCUT2D eigenvalue weighted by molar-refractivity contribution is 8.01. The molecule has 0 spiro atoms. The second-order valence-electron chi connectivity index (χ2n) is 6.39. The molecule has 1 aliphatic heterocycles. The first kappa shape index (κ1) is 19.0. The predicted molar refractivity (Wildman–Crippen MR) is 109 cm³/mol. The Morgan fingerprint density at radius 2 is 1.86 bits per heavy atom. The fraction of sp³-hybridized carbons (Fsp3) is 0.250. The normalized spacial score (nSPS) is 17.7. The van der Waals surface area contributed by atoms with E-state index in [4.69, 9.17) is 9.15 Å². The minimum Gasteiger partial charge on any atom is -0.497 e. The SMILES string of the molecule is COc1ccc(C2SCCN2S(=O)(=O)c2ccc(-c3coc(C)n3)cc2)cc1. The van der Waals surface area contributed by atoms with Crippen molar-refractivity contribution in [3.05, 3.63) is 66.2 Å². The van der Waals surface area contributed by atoms with Gasteiger partial charge in [0, 0.05) is 24.8 Å². The number of rotatable bonds is 5. The molecule has 1 atom stereocenters. The zero-order chi connectivity index (χ0) is 19.7. The van der Waals surface area contributed by atoms with E-state index in [2.05, 4.69) is 4.98 Å². The second-order valence-corrected chi connectivity index (χ2v) is 9.47. The number of ether oxygens (including phenoxy) is 1. The van der Waals surface area contributed by atoms with Gasteiger partial charge in [0.2, 0.25) is 10.0 Å². The Balaban J connectivity index is 1.61. The van der Waals surface area contributed by atoms with Crippen molar-refractivity contribution in [2.75, 3.05) is 19.4 Å². The maximum Gasteiger partial charge on any atom is 0.244 e. The molecule has 146 valence electrons. The van der Waals surface area contributed by atoms with Crippen LogP contribution in [0.1, 0.15) is 16.8 Å². The van der Waals surface area contributed by atoms with Gasteiger partial charge in [-0.3, -0.25) is 0 Å². The zero-order valence-electron chi connectivity index (χ0n) is 15.5. The van der Waals surface area contributed by atoms with Crippen molar-refractivity contribution in [2.45, 2.75) is 17.2 Å². The first-order valence-electron chi connectivity index (χ1n) is 8.79. The largest absolute Gasteiger partial charge is 0.497 e. The smallest absolute Gasteiger partial charge is 0.244 e. The topological polar surface area (TPSA) is 72.6 Å². The molecule has 4 rings (SSSR count). The van der Waals surface area contributed by atoms with Gasteiger partial charge in [-0.05, 0) is 29.8 Å². The quantitative estimate of drug-likeness (QED) is 0.624. The fourth-order valence-electron chi connectivity index (χ4n) is 3.16. The molecule has 0 N–H and O–H groups in total. The summed E-state index contributed by atoms with van der Waals surface area (Å²) in [6.07, 6.45) is 1.57. The number of oxazole rings is 1. The Bertz CT molecular complexity index is 1060. The number of thioether (sulfide) groups is 1. The number of benzene rings is 2. The molecule has 2 heterocycles. The molecule has 0 bridgehead atoms. The highest BCUT2D eigenvalue weighted by Gasteiger charge is 2.36. The molecule has 3 aromatic rings. The van der Waals surface area contributed by atoms with E-state index in [9.17, 15) is 8.42 Å². The number of sulfonamides is 1. The van der Waals surface area contributed by atoms with E-state index in [-0.39, 0.29) is 10.3 Å². The standard InChI is InChI=1S/C20H20N2O4S2/c1-14-21-19(13-26-14)15-5-9-18(10-6-15)28(23,24)22-11-12-27-20(22)16-3-7-17(25-2)8-4-16/h3-10,13,20H,11-12H2,1-2H3. The third kappa shape index (κ3) is 3.55. The number of hydrogen-bond acceptors (Lipinski definition) is 6. The fourth-order valence-corrected chi connectivity index (χ4v) is 6.40. The van der Waals surface area contributed by atoms with E-state index in [0.717, 1.165) is 22.6 Å². The van der Waals surface area contributed by atoms with Crippen molar-refractivity contribution in [2.24, 2.45) is 0 Å². The predicted octanol–water partition coefficient (Wildman–Crippen LogP) is 4.09. The molecule has 0 saturated carbocycles. The van der Waals surface area contributed by atoms with Crippen molar-refractivity contribution in [1.29, 1.82) is 0 Å². The number of nitrogens with zero attached hydrogens (tertiary/aromatic N) is 2. The third-order valence-electron chi connectivity index (χ3n) is 4.63. The average Bonchev–Trinajstić information content (AvgIpc) is 3.38. The molecule has 1 saturated heterocycles. The Labute approximate surface area is 168 Å². The molecule has 0 radical (unpaired) electrons. The van der Waals surface area contributed by atoms with Crippen molar-refractivity contribution in [1.82, 2.24) is 9.29 Å². The summed E-state index contributed by atoms with van der Waals surface area (Å²) in [5.41, 5.74) is 2.45. The van der Waals surface area contributed by atoms with Crippen molar-refractivity contribution in [3.63, 3.8) is 0 Å². The van der Waals surface area contributed by atoms with Gasteiger partial charge in [-0.25, -0.2) is 13.4 Å². The third-order valence-corrected chi connectivity index (χ3v) is 7.90. The lowest BCUT2D eigenvalue weighted by Crippen LogP contribution is -2.30. The summed E-state index contributed by atoms with van der Waals surface area (Å²) in [7, 11) is -2.00. The Morgan fingerprint density at radius 3 is 2.46 bits per heavy atom. The van der Waals surface area contributed by atoms with Gasteiger partial charge in [0.1, 0.15) is 17.7 Å². The number of aryl methyl sites for hydroxylation is 1. The molecular formula is C20H20N2O4S2. The Hall–Kier alpha value is -2.29. The van der Waals surface area contributed by atoms with Crippen LogP contribution in [0.15, 0.2) is 64.1 Å². The zero-order valence-corrected chi connectivity index (χ0v) is 17.2. The minimum atomic E-state index is -3.61. The number of aromatic nitrogens is 1. The van der Waals surface area contributed by atoms with Gasteiger partial charge in [0.25, 0.3) is 0 Å². The highest BCUT2D eigenvalue weighted by Crippen LogP contribution is 2.41. The molecule has 28 heavy (non-hydrogen) atoms. The van der Waals surface area contributed by atoms with Crippen LogP contribution in [0.5, 0.6) is 5.75 Å². The van der Waals surface area contributed by atoms with Crippen LogP contribution in [0.25, 0.3) is 11.3 Å². The first-order valence-corrected chi connectivity index (χ1v) is 11.3. The Morgan fingerprint density at radius 1 is 1.14 bits per heavy atom. The molecule has 0 aliphatic carbocycles. The number of hydrogen-bond donors (Lipinski definition) is 0. The summed E-state index contributed by atoms with van der Waals surface area (Å²) in [6, 6.07) is 14.3. The lowest BCUT2D eigenvalue weighted by molar-refractivity contribution is 0.413. The van der Waals surface area contributed by atoms with E-state index in [1.807, 2.05) is 24.3 Å². The van der Waals surface area contributed by atoms with Crippen molar-refractivity contribution < 1.29 is 17.6 Å². The van der Waals surface area contributed by atoms with Crippen LogP contribution in [0.4, 0.5) is 0 Å². The van der Waals surface area contributed by atoms with Crippen molar-refractivity contribution >= 4 is 21.8 Å². The molecule has 2 aromatic carbocycles. The van der Waals surface area contributed by atoms with Gasteiger partial charge in [0.05, 0.1) is 17.4 Å². The van der Waals surface area contributed by atoms with Gasteiger partial charge in [0.15, 0.2) is 5.89 Å². The van der Waals surface area contributed by atoms with Gasteiger partial charge in [-0.1, -0.05) is 24.3 Å². The molecule has 1 aromatic heterocycles. The molecule has 8 heteroatoms. The van der Waals surface area contributed by atoms with Crippen LogP contribution < -0.4 is 4.74 Å². The molecule has 1 unspecified atom stereocenters. The lowest BCUT2D eigenvalue weighted by atomic mass is 10.2. The lowest BCUT2D eigenvalue weighted by Gasteiger charge is -2.23. The number of methoxy groups -OCH3 is 1. The van der Waals surface area contributed by atoms with Crippen LogP contribution in [-0.4, -0.2) is 37.1 Å². The van der Waals surface area contributed by atoms with Gasteiger partial charge in [-0.2, -0.15) is 4.31 Å². The average molecular weight is 417 g/mol. The summed E-state index contributed by atoms with van der Waals surface area (Å²) in [5, 5.41) is -0.242. The highest BCUT2D eigenvalue weighted by atomic mass is 32.2. The summed E-state index contributed by atoms with van der Waals surface area (Å²) < 4.78 is 38.5. The van der Waals surface area contributed by atoms with Gasteiger partial charge < -0.3 is 9.15 Å². The molecule has 6 nitrogen and oxygen atoms in total. The van der Waals surface area contributed by atoms with Gasteiger partial charge in [-0.15, -0.1) is 11.8 Å². The van der Waals surface area contributed by atoms with E-state index in [1.54, 1.807) is 60.6 Å². The van der Waals surface area contributed by atoms with Crippen LogP contribution in [0.3, 0.4) is 0 Å². The van der Waals surface area contributed by atoms with Crippen LogP contribution in [0, 0.1) is 6.92 Å². The molecule has 1 aliphatic rings. The van der Waals surface area contributed by atoms with Crippen LogP contribution in [-0.2, 0) is 10.0 Å². The maximum atomic E-state index is 13.2. The summed E-state index contributed by atoms with van der Waals surface area (Å²) >= 11 is 1.62. The minimum absolute atomic E-state index is 0.242. The Kier molecular flexibility index (Phi) is 5.18. The molecule has 1 fully saturated rings. The second kappa shape index (κ2) is 7.62. The van der Waals surface area contributed by atoms with E-state index >= 15 is 0 Å². The van der Waals surface area contributed by atoms with E-state index < -0.39 is 10.0 Å². The summed E-state index contributed by atoms with van der Waals surface area (Å²) in [6.45, 7) is 2.25. The monoisotopic (exact) mass is 416 g/mol. The molecular weight excluding hydrogens is 396 g/mol.